The molecule has 1 aliphatic rings. The van der Waals surface area contributed by atoms with Crippen molar-refractivity contribution < 1.29 is 9.16 Å². The summed E-state index contributed by atoms with van der Waals surface area (Å²) in [6.45, 7) is 13.0. The fourth-order valence-electron chi connectivity index (χ4n) is 3.65. The van der Waals surface area contributed by atoms with Crippen molar-refractivity contribution in [3.63, 3.8) is 0 Å². The molecule has 164 valence electrons. The molecule has 1 aromatic heterocycles. The first-order valence-corrected chi connectivity index (χ1v) is 14.0. The third-order valence-electron chi connectivity index (χ3n) is 6.54. The van der Waals surface area contributed by atoms with Crippen LogP contribution >= 0.6 is 0 Å². The molecule has 0 saturated heterocycles. The first kappa shape index (κ1) is 21.8. The molecule has 0 amide bonds. The van der Waals surface area contributed by atoms with Crippen molar-refractivity contribution in [3.05, 3.63) is 66.0 Å². The molecule has 1 unspecified atom stereocenters. The van der Waals surface area contributed by atoms with Crippen LogP contribution < -0.4 is 4.74 Å². The lowest BCUT2D eigenvalue weighted by Crippen LogP contribution is -2.45. The average Bonchev–Trinajstić information content (AvgIpc) is 3.15. The fraction of sp³-hybridized carbons (Fsp3) is 0.440. The van der Waals surface area contributed by atoms with E-state index in [1.165, 1.54) is 0 Å². The van der Waals surface area contributed by atoms with E-state index in [4.69, 9.17) is 9.16 Å². The molecule has 2 aromatic carbocycles. The summed E-state index contributed by atoms with van der Waals surface area (Å²) < 4.78 is 14.8. The molecule has 6 heteroatoms. The molecular formula is C25H33N3O2Si. The Morgan fingerprint density at radius 1 is 1.00 bits per heavy atom. The molecule has 2 heterocycles. The van der Waals surface area contributed by atoms with E-state index < -0.39 is 8.32 Å². The van der Waals surface area contributed by atoms with Crippen molar-refractivity contribution in [2.75, 3.05) is 0 Å². The van der Waals surface area contributed by atoms with Crippen LogP contribution in [-0.2, 0) is 24.0 Å². The Morgan fingerprint density at radius 3 is 2.39 bits per heavy atom. The maximum absolute atomic E-state index is 6.64. The van der Waals surface area contributed by atoms with Crippen LogP contribution in [0.5, 0.6) is 5.75 Å². The smallest absolute Gasteiger partial charge is 0.192 e. The predicted molar refractivity (Wildman–Crippen MR) is 127 cm³/mol. The number of benzene rings is 2. The van der Waals surface area contributed by atoms with Crippen LogP contribution in [-0.4, -0.2) is 29.2 Å². The van der Waals surface area contributed by atoms with Gasteiger partial charge in [-0.1, -0.05) is 51.1 Å². The lowest BCUT2D eigenvalue weighted by Gasteiger charge is -2.40. The SMILES string of the molecule is CC(C)(C)[Si](C)(C)OC1CCn2c(nnc2-c2ccc(OCc3ccccc3)cc2)C1. The third-order valence-corrected chi connectivity index (χ3v) is 11.1. The molecule has 5 nitrogen and oxygen atoms in total. The number of hydrogen-bond donors (Lipinski definition) is 0. The van der Waals surface area contributed by atoms with Crippen molar-refractivity contribution in [1.82, 2.24) is 14.8 Å². The topological polar surface area (TPSA) is 49.2 Å². The fourth-order valence-corrected chi connectivity index (χ4v) is 5.04. The van der Waals surface area contributed by atoms with Gasteiger partial charge in [-0.05, 0) is 54.4 Å². The zero-order chi connectivity index (χ0) is 22.1. The number of ether oxygens (including phenoxy) is 1. The molecule has 0 bridgehead atoms. The number of nitrogens with zero attached hydrogens (tertiary/aromatic N) is 3. The number of aromatic nitrogens is 3. The molecule has 31 heavy (non-hydrogen) atoms. The molecule has 0 saturated carbocycles. The van der Waals surface area contributed by atoms with Gasteiger partial charge < -0.3 is 13.7 Å². The van der Waals surface area contributed by atoms with E-state index in [1.807, 2.05) is 30.3 Å². The first-order chi connectivity index (χ1) is 14.7. The van der Waals surface area contributed by atoms with Gasteiger partial charge in [0.2, 0.25) is 0 Å². The standard InChI is InChI=1S/C25H33N3O2Si/c1-25(2,3)31(4,5)30-22-15-16-28-23(17-22)26-27-24(28)20-11-13-21(14-12-20)29-18-19-9-7-6-8-10-19/h6-14,22H,15-18H2,1-5H3. The highest BCUT2D eigenvalue weighted by Crippen LogP contribution is 2.38. The summed E-state index contributed by atoms with van der Waals surface area (Å²) in [6, 6.07) is 18.3. The summed E-state index contributed by atoms with van der Waals surface area (Å²) in [5, 5.41) is 9.21. The third kappa shape index (κ3) is 4.91. The van der Waals surface area contributed by atoms with Gasteiger partial charge in [-0.25, -0.2) is 0 Å². The van der Waals surface area contributed by atoms with Crippen LogP contribution in [0.15, 0.2) is 54.6 Å². The lowest BCUT2D eigenvalue weighted by molar-refractivity contribution is 0.149. The number of hydrogen-bond acceptors (Lipinski definition) is 4. The van der Waals surface area contributed by atoms with Crippen LogP contribution in [0, 0.1) is 0 Å². The van der Waals surface area contributed by atoms with Gasteiger partial charge in [0.15, 0.2) is 14.1 Å². The van der Waals surface area contributed by atoms with Gasteiger partial charge in [0.05, 0.1) is 6.10 Å². The molecule has 0 N–H and O–H groups in total. The molecule has 4 rings (SSSR count). The monoisotopic (exact) mass is 435 g/mol. The maximum atomic E-state index is 6.64. The van der Waals surface area contributed by atoms with E-state index in [1.54, 1.807) is 0 Å². The van der Waals surface area contributed by atoms with Crippen LogP contribution in [0.3, 0.4) is 0 Å². The van der Waals surface area contributed by atoms with Crippen molar-refractivity contribution in [3.8, 4) is 17.1 Å². The van der Waals surface area contributed by atoms with E-state index >= 15 is 0 Å². The van der Waals surface area contributed by atoms with Gasteiger partial charge in [-0.2, -0.15) is 0 Å². The van der Waals surface area contributed by atoms with E-state index in [2.05, 4.69) is 72.9 Å². The highest BCUT2D eigenvalue weighted by atomic mass is 28.4. The van der Waals surface area contributed by atoms with Crippen LogP contribution in [0.4, 0.5) is 0 Å². The van der Waals surface area contributed by atoms with Crippen molar-refractivity contribution >= 4 is 8.32 Å². The van der Waals surface area contributed by atoms with Crippen LogP contribution in [0.1, 0.15) is 38.6 Å². The van der Waals surface area contributed by atoms with Crippen molar-refractivity contribution in [2.24, 2.45) is 0 Å². The summed E-state index contributed by atoms with van der Waals surface area (Å²) in [5.74, 6) is 2.80. The Morgan fingerprint density at radius 2 is 1.71 bits per heavy atom. The summed E-state index contributed by atoms with van der Waals surface area (Å²) >= 11 is 0. The van der Waals surface area contributed by atoms with E-state index in [0.29, 0.717) is 6.61 Å². The zero-order valence-electron chi connectivity index (χ0n) is 19.3. The molecule has 0 aliphatic carbocycles. The Labute approximate surface area is 186 Å². The Kier molecular flexibility index (Phi) is 6.04. The Bertz CT molecular complexity index is 1010. The van der Waals surface area contributed by atoms with Crippen LogP contribution in [0.2, 0.25) is 18.1 Å². The summed E-state index contributed by atoms with van der Waals surface area (Å²) in [6.07, 6.45) is 2.07. The second-order valence-electron chi connectivity index (χ2n) is 9.88. The summed E-state index contributed by atoms with van der Waals surface area (Å²) in [7, 11) is -1.78. The zero-order valence-corrected chi connectivity index (χ0v) is 20.3. The van der Waals surface area contributed by atoms with E-state index in [-0.39, 0.29) is 11.1 Å². The highest BCUT2D eigenvalue weighted by Gasteiger charge is 2.40. The molecular weight excluding hydrogens is 402 g/mol. The van der Waals surface area contributed by atoms with Gasteiger partial charge in [0.25, 0.3) is 0 Å². The van der Waals surface area contributed by atoms with Gasteiger partial charge in [0.1, 0.15) is 18.2 Å². The summed E-state index contributed by atoms with van der Waals surface area (Å²) in [4.78, 5) is 0. The van der Waals surface area contributed by atoms with E-state index in [0.717, 1.165) is 47.9 Å². The second kappa shape index (κ2) is 8.59. The van der Waals surface area contributed by atoms with Gasteiger partial charge in [0, 0.05) is 18.5 Å². The predicted octanol–water partition coefficient (Wildman–Crippen LogP) is 5.86. The van der Waals surface area contributed by atoms with Gasteiger partial charge >= 0.3 is 0 Å². The summed E-state index contributed by atoms with van der Waals surface area (Å²) in [5.41, 5.74) is 2.22. The molecule has 1 atom stereocenters. The average molecular weight is 436 g/mol. The molecule has 0 radical (unpaired) electrons. The van der Waals surface area contributed by atoms with Crippen LogP contribution in [0.25, 0.3) is 11.4 Å². The molecule has 3 aromatic rings. The lowest BCUT2D eigenvalue weighted by atomic mass is 10.1. The largest absolute Gasteiger partial charge is 0.489 e. The normalized spacial score (nSPS) is 16.7. The number of rotatable bonds is 6. The quantitative estimate of drug-likeness (QED) is 0.455. The second-order valence-corrected chi connectivity index (χ2v) is 14.6. The van der Waals surface area contributed by atoms with Gasteiger partial charge in [-0.3, -0.25) is 0 Å². The Hall–Kier alpha value is -2.44. The minimum atomic E-state index is -1.78. The maximum Gasteiger partial charge on any atom is 0.192 e. The van der Waals surface area contributed by atoms with Gasteiger partial charge in [-0.15, -0.1) is 10.2 Å². The molecule has 1 aliphatic heterocycles. The van der Waals surface area contributed by atoms with Crippen molar-refractivity contribution in [2.45, 2.75) is 71.0 Å². The Balaban J connectivity index is 1.42. The minimum absolute atomic E-state index is 0.216. The van der Waals surface area contributed by atoms with E-state index in [9.17, 15) is 0 Å². The minimum Gasteiger partial charge on any atom is -0.489 e. The molecule has 0 spiro atoms. The first-order valence-electron chi connectivity index (χ1n) is 11.1. The molecule has 0 fully saturated rings. The van der Waals surface area contributed by atoms with Crippen molar-refractivity contribution in [1.29, 1.82) is 0 Å². The number of fused-ring (bicyclic) bond motifs is 1. The highest BCUT2D eigenvalue weighted by molar-refractivity contribution is 6.74.